The topological polar surface area (TPSA) is 59.1 Å². The predicted molar refractivity (Wildman–Crippen MR) is 102 cm³/mol. The zero-order valence-electron chi connectivity index (χ0n) is 13.7. The van der Waals surface area contributed by atoms with Crippen LogP contribution in [0.5, 0.6) is 0 Å². The summed E-state index contributed by atoms with van der Waals surface area (Å²) in [6.45, 7) is 5.77. The van der Waals surface area contributed by atoms with E-state index in [0.29, 0.717) is 10.6 Å². The number of anilines is 1. The van der Waals surface area contributed by atoms with Crippen molar-refractivity contribution in [2.75, 3.05) is 4.72 Å². The van der Waals surface area contributed by atoms with Crippen LogP contribution in [0, 0.1) is 13.8 Å². The summed E-state index contributed by atoms with van der Waals surface area (Å²) in [4.78, 5) is 6.41. The van der Waals surface area contributed by atoms with Crippen LogP contribution in [0.1, 0.15) is 23.1 Å². The number of thiazole rings is 1. The Morgan fingerprint density at radius 1 is 1.21 bits per heavy atom. The molecule has 0 aliphatic rings. The molecule has 0 spiro atoms. The second kappa shape index (κ2) is 6.66. The van der Waals surface area contributed by atoms with E-state index >= 15 is 0 Å². The summed E-state index contributed by atoms with van der Waals surface area (Å²) in [5, 5.41) is 2.82. The zero-order valence-corrected chi connectivity index (χ0v) is 16.1. The first-order chi connectivity index (χ1) is 11.4. The molecular formula is C17H18N2O2S3. The lowest BCUT2D eigenvalue weighted by Crippen LogP contribution is -2.14. The fourth-order valence-electron chi connectivity index (χ4n) is 2.43. The highest BCUT2D eigenvalue weighted by Gasteiger charge is 2.22. The normalized spacial score (nSPS) is 11.6. The van der Waals surface area contributed by atoms with Gasteiger partial charge in [0.05, 0.1) is 10.6 Å². The van der Waals surface area contributed by atoms with Crippen LogP contribution in [0.15, 0.2) is 40.6 Å². The van der Waals surface area contributed by atoms with Gasteiger partial charge in [-0.15, -0.1) is 22.7 Å². The summed E-state index contributed by atoms with van der Waals surface area (Å²) in [6.07, 6.45) is 0.769. The molecule has 24 heavy (non-hydrogen) atoms. The third kappa shape index (κ3) is 3.38. The summed E-state index contributed by atoms with van der Waals surface area (Å²) < 4.78 is 28.4. The number of hydrogen-bond acceptors (Lipinski definition) is 5. The monoisotopic (exact) mass is 378 g/mol. The van der Waals surface area contributed by atoms with Gasteiger partial charge in [0.2, 0.25) is 0 Å². The number of benzene rings is 1. The average molecular weight is 379 g/mol. The first-order valence-corrected chi connectivity index (χ1v) is 10.7. The number of aromatic nitrogens is 1. The molecule has 126 valence electrons. The largest absolute Gasteiger partial charge is 0.279 e. The summed E-state index contributed by atoms with van der Waals surface area (Å²) in [5.74, 6) is 0. The van der Waals surface area contributed by atoms with Gasteiger partial charge in [-0.2, -0.15) is 0 Å². The zero-order chi connectivity index (χ0) is 17.3. The number of aryl methyl sites for hydroxylation is 3. The molecule has 0 aliphatic carbocycles. The van der Waals surface area contributed by atoms with Crippen LogP contribution in [0.2, 0.25) is 0 Å². The molecule has 3 rings (SSSR count). The molecule has 0 atom stereocenters. The van der Waals surface area contributed by atoms with E-state index in [1.165, 1.54) is 22.7 Å². The van der Waals surface area contributed by atoms with Crippen LogP contribution in [-0.4, -0.2) is 13.4 Å². The van der Waals surface area contributed by atoms with Crippen molar-refractivity contribution in [1.29, 1.82) is 0 Å². The molecule has 0 aliphatic heterocycles. The van der Waals surface area contributed by atoms with Gasteiger partial charge in [-0.05, 0) is 38.0 Å². The number of thiophene rings is 1. The molecule has 3 aromatic rings. The number of hydrogen-bond donors (Lipinski definition) is 1. The average Bonchev–Trinajstić information content (AvgIpc) is 3.13. The van der Waals surface area contributed by atoms with Crippen molar-refractivity contribution in [1.82, 2.24) is 4.98 Å². The van der Waals surface area contributed by atoms with E-state index in [2.05, 4.69) is 9.71 Å². The van der Waals surface area contributed by atoms with Crippen molar-refractivity contribution < 1.29 is 8.42 Å². The van der Waals surface area contributed by atoms with Gasteiger partial charge < -0.3 is 0 Å². The Morgan fingerprint density at radius 3 is 2.62 bits per heavy atom. The predicted octanol–water partition coefficient (Wildman–Crippen LogP) is 4.85. The van der Waals surface area contributed by atoms with E-state index in [9.17, 15) is 8.42 Å². The Bertz CT molecular complexity index is 971. The van der Waals surface area contributed by atoms with Crippen molar-refractivity contribution in [3.8, 4) is 9.88 Å². The lowest BCUT2D eigenvalue weighted by Gasteiger charge is -2.11. The third-order valence-electron chi connectivity index (χ3n) is 3.63. The Balaban J connectivity index is 1.97. The lowest BCUT2D eigenvalue weighted by molar-refractivity contribution is 0.601. The van der Waals surface area contributed by atoms with Gasteiger partial charge >= 0.3 is 0 Å². The summed E-state index contributed by atoms with van der Waals surface area (Å²) >= 11 is 2.99. The maximum Gasteiger partial charge on any atom is 0.263 e. The van der Waals surface area contributed by atoms with Crippen LogP contribution in [-0.2, 0) is 16.4 Å². The van der Waals surface area contributed by atoms with Crippen molar-refractivity contribution in [2.24, 2.45) is 0 Å². The molecule has 0 saturated heterocycles. The van der Waals surface area contributed by atoms with Crippen LogP contribution < -0.4 is 4.72 Å². The molecule has 0 radical (unpaired) electrons. The second-order valence-corrected chi connectivity index (χ2v) is 9.21. The minimum Gasteiger partial charge on any atom is -0.279 e. The molecule has 4 nitrogen and oxygen atoms in total. The maximum absolute atomic E-state index is 12.8. The van der Waals surface area contributed by atoms with Gasteiger partial charge in [0.1, 0.15) is 9.90 Å². The minimum atomic E-state index is -3.62. The van der Waals surface area contributed by atoms with Crippen LogP contribution in [0.25, 0.3) is 9.88 Å². The Hall–Kier alpha value is -1.70. The number of nitrogens with zero attached hydrogens (tertiary/aromatic N) is 1. The maximum atomic E-state index is 12.8. The highest BCUT2D eigenvalue weighted by molar-refractivity contribution is 7.93. The quantitative estimate of drug-likeness (QED) is 0.690. The highest BCUT2D eigenvalue weighted by Crippen LogP contribution is 2.36. The standard InChI is InChI=1S/C17H18N2O2S3/c1-4-13-7-5-6-8-14(13)19-24(20,21)16-9-15(23-12(16)3)17-18-11(2)10-22-17/h5-10,19H,4H2,1-3H3. The SMILES string of the molecule is CCc1ccccc1NS(=O)(=O)c1cc(-c2nc(C)cs2)sc1C. The fraction of sp³-hybridized carbons (Fsp3) is 0.235. The number of nitrogens with one attached hydrogen (secondary N) is 1. The van der Waals surface area contributed by atoms with Gasteiger partial charge in [0.25, 0.3) is 10.0 Å². The van der Waals surface area contributed by atoms with E-state index in [-0.39, 0.29) is 0 Å². The molecule has 7 heteroatoms. The molecule has 2 aromatic heterocycles. The summed E-state index contributed by atoms with van der Waals surface area (Å²) in [7, 11) is -3.62. The van der Waals surface area contributed by atoms with Gasteiger partial charge in [0, 0.05) is 16.0 Å². The molecule has 1 N–H and O–H groups in total. The lowest BCUT2D eigenvalue weighted by atomic mass is 10.1. The number of rotatable bonds is 5. The van der Waals surface area contributed by atoms with E-state index in [1.54, 1.807) is 12.1 Å². The van der Waals surface area contributed by atoms with Crippen LogP contribution in [0.4, 0.5) is 5.69 Å². The smallest absolute Gasteiger partial charge is 0.263 e. The van der Waals surface area contributed by atoms with Gasteiger partial charge in [-0.25, -0.2) is 13.4 Å². The fourth-order valence-corrected chi connectivity index (χ4v) is 5.99. The first-order valence-electron chi connectivity index (χ1n) is 7.54. The van der Waals surface area contributed by atoms with Crippen molar-refractivity contribution in [2.45, 2.75) is 32.1 Å². The molecule has 2 heterocycles. The van der Waals surface area contributed by atoms with Gasteiger partial charge in [-0.3, -0.25) is 4.72 Å². The summed E-state index contributed by atoms with van der Waals surface area (Å²) in [5.41, 5.74) is 2.56. The minimum absolute atomic E-state index is 0.321. The van der Waals surface area contributed by atoms with Crippen molar-refractivity contribution in [3.63, 3.8) is 0 Å². The Kier molecular flexibility index (Phi) is 4.76. The molecule has 0 unspecified atom stereocenters. The number of para-hydroxylation sites is 1. The molecule has 0 amide bonds. The van der Waals surface area contributed by atoms with E-state index in [1.807, 2.05) is 44.4 Å². The van der Waals surface area contributed by atoms with Gasteiger partial charge in [0.15, 0.2) is 0 Å². The van der Waals surface area contributed by atoms with Crippen molar-refractivity contribution >= 4 is 38.4 Å². The van der Waals surface area contributed by atoms with E-state index < -0.39 is 10.0 Å². The summed E-state index contributed by atoms with van der Waals surface area (Å²) in [6, 6.07) is 9.19. The molecular weight excluding hydrogens is 360 g/mol. The van der Waals surface area contributed by atoms with Gasteiger partial charge in [-0.1, -0.05) is 25.1 Å². The number of sulfonamides is 1. The molecule has 0 bridgehead atoms. The van der Waals surface area contributed by atoms with Crippen molar-refractivity contribution in [3.05, 3.63) is 51.8 Å². The second-order valence-electron chi connectivity index (χ2n) is 5.44. The third-order valence-corrected chi connectivity index (χ3v) is 7.43. The van der Waals surface area contributed by atoms with E-state index in [4.69, 9.17) is 0 Å². The van der Waals surface area contributed by atoms with E-state index in [0.717, 1.165) is 32.4 Å². The highest BCUT2D eigenvalue weighted by atomic mass is 32.2. The first kappa shape index (κ1) is 17.1. The molecule has 0 saturated carbocycles. The Labute approximate surface area is 150 Å². The van der Waals surface area contributed by atoms with Crippen LogP contribution in [0.3, 0.4) is 0 Å². The molecule has 1 aromatic carbocycles. The Morgan fingerprint density at radius 2 is 1.96 bits per heavy atom. The van der Waals surface area contributed by atoms with Crippen LogP contribution >= 0.6 is 22.7 Å². The molecule has 0 fully saturated rings.